The Bertz CT molecular complexity index is 433. The van der Waals surface area contributed by atoms with Gasteiger partial charge in [-0.1, -0.05) is 0 Å². The molecule has 6 nitrogen and oxygen atoms in total. The molecular weight excluding hydrogens is 194 g/mol. The second-order valence-corrected chi connectivity index (χ2v) is 3.38. The fourth-order valence-corrected chi connectivity index (χ4v) is 1.24. The van der Waals surface area contributed by atoms with E-state index < -0.39 is 0 Å². The van der Waals surface area contributed by atoms with Crippen molar-refractivity contribution in [3.63, 3.8) is 0 Å². The summed E-state index contributed by atoms with van der Waals surface area (Å²) in [6, 6.07) is 2.10. The summed E-state index contributed by atoms with van der Waals surface area (Å²) in [7, 11) is 1.74. The van der Waals surface area contributed by atoms with Crippen molar-refractivity contribution in [2.45, 2.75) is 6.92 Å². The maximum absolute atomic E-state index is 11.2. The van der Waals surface area contributed by atoms with Gasteiger partial charge < -0.3 is 15.6 Å². The quantitative estimate of drug-likeness (QED) is 0.723. The third kappa shape index (κ3) is 2.47. The Morgan fingerprint density at radius 3 is 3.07 bits per heavy atom. The zero-order chi connectivity index (χ0) is 11.4. The highest BCUT2D eigenvalue weighted by molar-refractivity contribution is 5.60. The van der Waals surface area contributed by atoms with Crippen LogP contribution in [0, 0.1) is 17.2 Å². The fourth-order valence-electron chi connectivity index (χ4n) is 1.24. The molecule has 0 aliphatic rings. The Morgan fingerprint density at radius 2 is 2.47 bits per heavy atom. The molecule has 1 rings (SSSR count). The van der Waals surface area contributed by atoms with Crippen molar-refractivity contribution in [3.05, 3.63) is 16.7 Å². The van der Waals surface area contributed by atoms with Crippen LogP contribution < -0.4 is 16.2 Å². The molecule has 80 valence electrons. The SMILES string of the molecule is CC(C#N)CN(C)c1nc[nH]c(=O)c1N. The standard InChI is InChI=1S/C9H13N5O/c1-6(3-10)4-14(2)8-7(11)9(15)13-5-12-8/h5-6H,4,11H2,1-2H3,(H,12,13,15). The van der Waals surface area contributed by atoms with Crippen LogP contribution in [-0.2, 0) is 0 Å². The molecular formula is C9H13N5O. The number of nitrogen functional groups attached to an aromatic ring is 1. The number of hydrogen-bond acceptors (Lipinski definition) is 5. The van der Waals surface area contributed by atoms with E-state index in [0.29, 0.717) is 12.4 Å². The number of nitriles is 1. The van der Waals surface area contributed by atoms with Crippen molar-refractivity contribution in [2.75, 3.05) is 24.2 Å². The Balaban J connectivity index is 2.93. The third-order valence-electron chi connectivity index (χ3n) is 2.00. The minimum Gasteiger partial charge on any atom is -0.391 e. The summed E-state index contributed by atoms with van der Waals surface area (Å²) in [5.74, 6) is 0.260. The normalized spacial score (nSPS) is 11.8. The molecule has 1 heterocycles. The Kier molecular flexibility index (Phi) is 3.29. The molecule has 1 aromatic heterocycles. The van der Waals surface area contributed by atoms with Gasteiger partial charge in [0, 0.05) is 13.6 Å². The lowest BCUT2D eigenvalue weighted by Crippen LogP contribution is -2.27. The van der Waals surface area contributed by atoms with Gasteiger partial charge in [-0.25, -0.2) is 4.98 Å². The third-order valence-corrected chi connectivity index (χ3v) is 2.00. The number of nitrogens with two attached hydrogens (primary N) is 1. The van der Waals surface area contributed by atoms with E-state index in [1.807, 2.05) is 0 Å². The lowest BCUT2D eigenvalue weighted by Gasteiger charge is -2.19. The van der Waals surface area contributed by atoms with Crippen LogP contribution in [0.1, 0.15) is 6.92 Å². The predicted octanol–water partition coefficient (Wildman–Crippen LogP) is -0.0520. The van der Waals surface area contributed by atoms with Gasteiger partial charge in [0.2, 0.25) is 0 Å². The zero-order valence-corrected chi connectivity index (χ0v) is 8.69. The fraction of sp³-hybridized carbons (Fsp3) is 0.444. The van der Waals surface area contributed by atoms with Crippen LogP contribution in [0.4, 0.5) is 11.5 Å². The number of anilines is 2. The minimum atomic E-state index is -0.364. The van der Waals surface area contributed by atoms with E-state index in [2.05, 4.69) is 16.0 Å². The van der Waals surface area contributed by atoms with Gasteiger partial charge in [0.1, 0.15) is 5.69 Å². The Labute approximate surface area is 87.3 Å². The monoisotopic (exact) mass is 207 g/mol. The lowest BCUT2D eigenvalue weighted by molar-refractivity contribution is 0.709. The van der Waals surface area contributed by atoms with E-state index in [-0.39, 0.29) is 17.2 Å². The number of rotatable bonds is 3. The number of aromatic amines is 1. The average molecular weight is 207 g/mol. The van der Waals surface area contributed by atoms with Crippen LogP contribution in [0.25, 0.3) is 0 Å². The summed E-state index contributed by atoms with van der Waals surface area (Å²) in [5.41, 5.74) is 5.28. The summed E-state index contributed by atoms with van der Waals surface area (Å²) in [6.45, 7) is 2.27. The van der Waals surface area contributed by atoms with E-state index in [9.17, 15) is 4.79 Å². The molecule has 1 atom stereocenters. The summed E-state index contributed by atoms with van der Waals surface area (Å²) >= 11 is 0. The second kappa shape index (κ2) is 4.46. The molecule has 0 amide bonds. The van der Waals surface area contributed by atoms with Crippen LogP contribution in [0.15, 0.2) is 11.1 Å². The van der Waals surface area contributed by atoms with Gasteiger partial charge in [0.15, 0.2) is 5.82 Å². The molecule has 0 saturated carbocycles. The summed E-state index contributed by atoms with van der Waals surface area (Å²) in [4.78, 5) is 19.2. The van der Waals surface area contributed by atoms with Crippen molar-refractivity contribution in [3.8, 4) is 6.07 Å². The smallest absolute Gasteiger partial charge is 0.276 e. The van der Waals surface area contributed by atoms with Gasteiger partial charge >= 0.3 is 0 Å². The molecule has 0 radical (unpaired) electrons. The van der Waals surface area contributed by atoms with E-state index in [0.717, 1.165) is 0 Å². The molecule has 0 aliphatic carbocycles. The summed E-state index contributed by atoms with van der Waals surface area (Å²) < 4.78 is 0. The zero-order valence-electron chi connectivity index (χ0n) is 8.69. The molecule has 6 heteroatoms. The van der Waals surface area contributed by atoms with Crippen molar-refractivity contribution >= 4 is 11.5 Å². The van der Waals surface area contributed by atoms with Crippen LogP contribution in [0.3, 0.4) is 0 Å². The first-order valence-corrected chi connectivity index (χ1v) is 4.50. The van der Waals surface area contributed by atoms with Crippen molar-refractivity contribution in [2.24, 2.45) is 5.92 Å². The lowest BCUT2D eigenvalue weighted by atomic mass is 10.2. The molecule has 1 unspecified atom stereocenters. The highest BCUT2D eigenvalue weighted by Crippen LogP contribution is 2.14. The number of nitrogens with one attached hydrogen (secondary N) is 1. The van der Waals surface area contributed by atoms with E-state index in [4.69, 9.17) is 11.0 Å². The molecule has 0 fully saturated rings. The van der Waals surface area contributed by atoms with Gasteiger partial charge in [0.25, 0.3) is 5.56 Å². The van der Waals surface area contributed by atoms with E-state index >= 15 is 0 Å². The first-order chi connectivity index (χ1) is 7.06. The van der Waals surface area contributed by atoms with Gasteiger partial charge in [-0.3, -0.25) is 4.79 Å². The van der Waals surface area contributed by atoms with Gasteiger partial charge in [-0.15, -0.1) is 0 Å². The Hall–Kier alpha value is -2.03. The molecule has 0 spiro atoms. The molecule has 1 aromatic rings. The van der Waals surface area contributed by atoms with Crippen molar-refractivity contribution < 1.29 is 0 Å². The van der Waals surface area contributed by atoms with Gasteiger partial charge in [-0.2, -0.15) is 5.26 Å². The second-order valence-electron chi connectivity index (χ2n) is 3.38. The van der Waals surface area contributed by atoms with Crippen molar-refractivity contribution in [1.29, 1.82) is 5.26 Å². The highest BCUT2D eigenvalue weighted by Gasteiger charge is 2.12. The number of aromatic nitrogens is 2. The van der Waals surface area contributed by atoms with Crippen LogP contribution in [0.5, 0.6) is 0 Å². The first-order valence-electron chi connectivity index (χ1n) is 4.50. The van der Waals surface area contributed by atoms with Gasteiger partial charge in [0.05, 0.1) is 18.3 Å². The molecule has 3 N–H and O–H groups in total. The van der Waals surface area contributed by atoms with E-state index in [1.54, 1.807) is 18.9 Å². The topological polar surface area (TPSA) is 98.8 Å². The van der Waals surface area contributed by atoms with Crippen LogP contribution in [-0.4, -0.2) is 23.6 Å². The maximum atomic E-state index is 11.2. The Morgan fingerprint density at radius 1 is 1.80 bits per heavy atom. The van der Waals surface area contributed by atoms with Crippen molar-refractivity contribution in [1.82, 2.24) is 9.97 Å². The largest absolute Gasteiger partial charge is 0.391 e. The number of hydrogen-bond donors (Lipinski definition) is 2. The maximum Gasteiger partial charge on any atom is 0.276 e. The molecule has 0 aromatic carbocycles. The minimum absolute atomic E-state index is 0.0742. The number of nitrogens with zero attached hydrogens (tertiary/aromatic N) is 3. The molecule has 0 saturated heterocycles. The first kappa shape index (κ1) is 11.0. The number of H-pyrrole nitrogens is 1. The average Bonchev–Trinajstić information content (AvgIpc) is 2.21. The molecule has 0 aliphatic heterocycles. The summed E-state index contributed by atoms with van der Waals surface area (Å²) in [6.07, 6.45) is 1.29. The van der Waals surface area contributed by atoms with Crippen LogP contribution >= 0.6 is 0 Å². The highest BCUT2D eigenvalue weighted by atomic mass is 16.1. The van der Waals surface area contributed by atoms with E-state index in [1.165, 1.54) is 6.33 Å². The predicted molar refractivity (Wildman–Crippen MR) is 57.3 cm³/mol. The summed E-state index contributed by atoms with van der Waals surface area (Å²) in [5, 5.41) is 8.66. The molecule has 0 bridgehead atoms. The van der Waals surface area contributed by atoms with Gasteiger partial charge in [-0.05, 0) is 6.92 Å². The van der Waals surface area contributed by atoms with Crippen LogP contribution in [0.2, 0.25) is 0 Å². The molecule has 15 heavy (non-hydrogen) atoms.